The van der Waals surface area contributed by atoms with Gasteiger partial charge in [0, 0.05) is 6.42 Å². The molecule has 0 aromatic heterocycles. The van der Waals surface area contributed by atoms with E-state index in [2.05, 4.69) is 4.74 Å². The van der Waals surface area contributed by atoms with Crippen molar-refractivity contribution in [3.8, 4) is 0 Å². The van der Waals surface area contributed by atoms with Gasteiger partial charge in [-0.25, -0.2) is 0 Å². The molecule has 0 spiro atoms. The van der Waals surface area contributed by atoms with Gasteiger partial charge in [-0.1, -0.05) is 20.3 Å². The SMILES string of the molecule is CCCCOC(=O)C1CC(O)C(O)C(O)C1.CCCOC(=O)C1CC(O)C(O)C(O)C1.CCOC(=O)C1CC(O)C(O)C(O)C1.COC(=O)C1CC(O)C(O)C(O)C1.O=C(O)C1CC(O)C(O)C(O)C1.O=C(O)C1CCC(O)CC1O. The van der Waals surface area contributed by atoms with Gasteiger partial charge in [0.15, 0.2) is 0 Å². The molecule has 0 saturated heterocycles. The van der Waals surface area contributed by atoms with Crippen molar-refractivity contribution in [2.24, 2.45) is 35.5 Å². The highest BCUT2D eigenvalue weighted by Crippen LogP contribution is 2.30. The first kappa shape index (κ1) is 75.2. The Bertz CT molecular complexity index is 1780. The summed E-state index contributed by atoms with van der Waals surface area (Å²) in [6, 6.07) is 0. The van der Waals surface area contributed by atoms with Gasteiger partial charge < -0.3 is 116 Å². The van der Waals surface area contributed by atoms with Crippen molar-refractivity contribution in [3.63, 3.8) is 0 Å². The molecule has 0 aromatic carbocycles. The first-order chi connectivity index (χ1) is 37.9. The number of carbonyl (C=O) groups is 6. The van der Waals surface area contributed by atoms with Gasteiger partial charge in [-0.2, -0.15) is 0 Å². The molecule has 6 rings (SSSR count). The van der Waals surface area contributed by atoms with Gasteiger partial charge in [0.05, 0.1) is 136 Å². The van der Waals surface area contributed by atoms with E-state index >= 15 is 0 Å². The number of rotatable bonds is 12. The number of methoxy groups -OCH3 is 1. The number of aliphatic carboxylic acids is 2. The summed E-state index contributed by atoms with van der Waals surface area (Å²) >= 11 is 0. The minimum atomic E-state index is -1.21. The maximum atomic E-state index is 11.5. The lowest BCUT2D eigenvalue weighted by Gasteiger charge is -2.32. The van der Waals surface area contributed by atoms with Gasteiger partial charge in [0.2, 0.25) is 0 Å². The zero-order chi connectivity index (χ0) is 62.0. The smallest absolute Gasteiger partial charge is 0.309 e. The number of carboxylic acids is 2. The molecule has 0 aromatic rings. The van der Waals surface area contributed by atoms with Gasteiger partial charge >= 0.3 is 35.8 Å². The van der Waals surface area contributed by atoms with E-state index < -0.39 is 175 Å². The molecule has 19 N–H and O–H groups in total. The molecule has 6 saturated carbocycles. The van der Waals surface area contributed by atoms with E-state index in [1.165, 1.54) is 7.11 Å². The van der Waals surface area contributed by atoms with Gasteiger partial charge in [-0.05, 0) is 96.8 Å². The predicted octanol–water partition coefficient (Wildman–Crippen LogP) is -4.89. The fraction of sp³-hybridized carbons (Fsp3) is 0.885. The van der Waals surface area contributed by atoms with E-state index in [-0.39, 0.29) is 77.2 Å². The van der Waals surface area contributed by atoms with Crippen LogP contribution in [0.2, 0.25) is 0 Å². The second-order valence-corrected chi connectivity index (χ2v) is 21.2. The number of hydrogen-bond acceptors (Lipinski definition) is 27. The van der Waals surface area contributed by atoms with Crippen LogP contribution in [0.25, 0.3) is 0 Å². The van der Waals surface area contributed by atoms with Crippen LogP contribution in [0.1, 0.15) is 124 Å². The van der Waals surface area contributed by atoms with Crippen LogP contribution >= 0.6 is 0 Å². The van der Waals surface area contributed by atoms with Crippen molar-refractivity contribution in [2.45, 2.75) is 227 Å². The Morgan fingerprint density at radius 1 is 0.346 bits per heavy atom. The number of carbonyl (C=O) groups excluding carboxylic acids is 4. The number of carboxylic acid groups (broad SMARTS) is 2. The molecule has 0 aliphatic heterocycles. The monoisotopic (exact) mass is 1180 g/mol. The Morgan fingerprint density at radius 2 is 0.642 bits per heavy atom. The summed E-state index contributed by atoms with van der Waals surface area (Å²) < 4.78 is 19.2. The number of ether oxygens (including phenoxy) is 4. The lowest BCUT2D eigenvalue weighted by atomic mass is 9.83. The summed E-state index contributed by atoms with van der Waals surface area (Å²) in [5.74, 6) is -7.15. The van der Waals surface area contributed by atoms with Crippen LogP contribution in [0.15, 0.2) is 0 Å². The van der Waals surface area contributed by atoms with Crippen molar-refractivity contribution in [2.75, 3.05) is 26.9 Å². The minimum Gasteiger partial charge on any atom is -0.481 e. The molecule has 29 heteroatoms. The van der Waals surface area contributed by atoms with Crippen LogP contribution in [0.3, 0.4) is 0 Å². The minimum absolute atomic E-state index is 0.00750. The van der Waals surface area contributed by atoms with Gasteiger partial charge in [0.25, 0.3) is 0 Å². The second kappa shape index (κ2) is 38.2. The highest BCUT2D eigenvalue weighted by Gasteiger charge is 2.42. The molecule has 6 aliphatic carbocycles. The van der Waals surface area contributed by atoms with Crippen LogP contribution in [0.5, 0.6) is 0 Å². The third-order valence-corrected chi connectivity index (χ3v) is 14.7. The zero-order valence-electron chi connectivity index (χ0n) is 46.3. The summed E-state index contributed by atoms with van der Waals surface area (Å²) in [5, 5.41) is 174. The van der Waals surface area contributed by atoms with Crippen molar-refractivity contribution < 1.29 is 145 Å². The fourth-order valence-electron chi connectivity index (χ4n) is 9.64. The Hall–Kier alpha value is -3.86. The summed E-state index contributed by atoms with van der Waals surface area (Å²) in [4.78, 5) is 66.2. The first-order valence-corrected chi connectivity index (χ1v) is 27.5. The van der Waals surface area contributed by atoms with Crippen molar-refractivity contribution in [3.05, 3.63) is 0 Å². The van der Waals surface area contributed by atoms with Gasteiger partial charge in [-0.3, -0.25) is 28.8 Å². The second-order valence-electron chi connectivity index (χ2n) is 21.2. The lowest BCUT2D eigenvalue weighted by molar-refractivity contribution is -0.160. The Balaban J connectivity index is 0.000000488. The zero-order valence-corrected chi connectivity index (χ0v) is 46.3. The van der Waals surface area contributed by atoms with Crippen LogP contribution in [0, 0.1) is 35.5 Å². The average molecular weight is 1180 g/mol. The molecule has 81 heavy (non-hydrogen) atoms. The molecule has 6 fully saturated rings. The highest BCUT2D eigenvalue weighted by molar-refractivity contribution is 5.74. The van der Waals surface area contributed by atoms with E-state index in [1.54, 1.807) is 6.92 Å². The molecule has 0 bridgehead atoms. The van der Waals surface area contributed by atoms with Crippen LogP contribution in [-0.4, -0.2) is 264 Å². The van der Waals surface area contributed by atoms with E-state index in [9.17, 15) is 84.9 Å². The molecule has 474 valence electrons. The fourth-order valence-corrected chi connectivity index (χ4v) is 9.64. The molecular formula is C52H92O29. The van der Waals surface area contributed by atoms with Gasteiger partial charge in [0.1, 0.15) is 30.5 Å². The molecule has 6 aliphatic rings. The number of hydrogen-bond donors (Lipinski definition) is 19. The summed E-state index contributed by atoms with van der Waals surface area (Å²) in [7, 11) is 1.26. The first-order valence-electron chi connectivity index (χ1n) is 27.5. The number of esters is 4. The third-order valence-electron chi connectivity index (χ3n) is 14.7. The standard InChI is InChI=1S/C11H20O5.C10H18O5.C9H16O5.C8H14O5.C7H12O5.C7H12O4/c1-2-3-4-16-11(15)7-5-8(12)10(14)9(13)6-7;1-2-3-15-10(14)6-4-7(11)9(13)8(12)5-6;1-2-14-9(13)5-3-6(10)8(12)7(11)4-5;1-13-8(12)4-2-5(9)7(11)6(10)3-4;8-4-1-3(7(11)12)2-5(9)6(4)10;8-4-1-2-5(7(10)11)6(9)3-4/h7-10,12-14H,2-6H2,1H3;6-9,11-13H,2-5H2,1H3;5-8,10-12H,2-4H2,1H3;4-7,9-11H,2-3H2,1H3;3-6,8-10H,1-2H2,(H,11,12);4-6,8-9H,1-3H2,(H,10,11). The maximum Gasteiger partial charge on any atom is 0.309 e. The molecular weight excluding hydrogens is 1090 g/mol. The Labute approximate surface area is 469 Å². The van der Waals surface area contributed by atoms with Crippen LogP contribution < -0.4 is 0 Å². The van der Waals surface area contributed by atoms with E-state index in [0.717, 1.165) is 19.3 Å². The molecule has 13 unspecified atom stereocenters. The number of aliphatic hydroxyl groups is 17. The van der Waals surface area contributed by atoms with Crippen molar-refractivity contribution in [1.82, 2.24) is 0 Å². The average Bonchev–Trinajstić information content (AvgIpc) is 3.41. The normalized spacial score (nSPS) is 38.1. The molecule has 0 amide bonds. The topological polar surface area (TPSA) is 524 Å². The van der Waals surface area contributed by atoms with Crippen molar-refractivity contribution in [1.29, 1.82) is 0 Å². The maximum absolute atomic E-state index is 11.5. The largest absolute Gasteiger partial charge is 0.481 e. The molecule has 0 radical (unpaired) electrons. The van der Waals surface area contributed by atoms with Crippen molar-refractivity contribution >= 4 is 35.8 Å². The van der Waals surface area contributed by atoms with Crippen LogP contribution in [0.4, 0.5) is 0 Å². The van der Waals surface area contributed by atoms with Gasteiger partial charge in [-0.15, -0.1) is 0 Å². The van der Waals surface area contributed by atoms with E-state index in [0.29, 0.717) is 26.1 Å². The molecule has 13 atom stereocenters. The number of unbranched alkanes of at least 4 members (excludes halogenated alkanes) is 1. The Morgan fingerprint density at radius 3 is 0.901 bits per heavy atom. The summed E-state index contributed by atoms with van der Waals surface area (Å²) in [6.07, 6.45) is -13.1. The van der Waals surface area contributed by atoms with E-state index in [1.807, 2.05) is 13.8 Å². The van der Waals surface area contributed by atoms with Crippen LogP contribution in [-0.2, 0) is 47.7 Å². The third kappa shape index (κ3) is 25.9. The quantitative estimate of drug-likeness (QED) is 0.0495. The molecule has 0 heterocycles. The Kier molecular flexibility index (Phi) is 35.4. The lowest BCUT2D eigenvalue weighted by Crippen LogP contribution is -2.46. The summed E-state index contributed by atoms with van der Waals surface area (Å²) in [5.41, 5.74) is 0. The predicted molar refractivity (Wildman–Crippen MR) is 274 cm³/mol. The molecule has 29 nitrogen and oxygen atoms in total. The number of aliphatic hydroxyl groups excluding tert-OH is 17. The van der Waals surface area contributed by atoms with E-state index in [4.69, 9.17) is 55.1 Å². The summed E-state index contributed by atoms with van der Waals surface area (Å²) in [6.45, 7) is 6.59. The highest BCUT2D eigenvalue weighted by atomic mass is 16.5.